The Morgan fingerprint density at radius 1 is 1.14 bits per heavy atom. The molecule has 0 radical (unpaired) electrons. The van der Waals surface area contributed by atoms with Crippen molar-refractivity contribution < 1.29 is 4.39 Å². The minimum atomic E-state index is -0.346. The predicted octanol–water partition coefficient (Wildman–Crippen LogP) is 1.77. The summed E-state index contributed by atoms with van der Waals surface area (Å²) in [7, 11) is 0. The molecule has 102 valence electrons. The van der Waals surface area contributed by atoms with Crippen molar-refractivity contribution in [3.8, 4) is 11.3 Å². The van der Waals surface area contributed by atoms with Crippen LogP contribution >= 0.6 is 0 Å². The van der Waals surface area contributed by atoms with Crippen LogP contribution in [0.1, 0.15) is 0 Å². The Kier molecular flexibility index (Phi) is 2.34. The van der Waals surface area contributed by atoms with Gasteiger partial charge >= 0.3 is 0 Å². The van der Waals surface area contributed by atoms with Gasteiger partial charge in [-0.25, -0.2) is 9.37 Å². The van der Waals surface area contributed by atoms with Gasteiger partial charge in [-0.2, -0.15) is 14.6 Å². The van der Waals surface area contributed by atoms with Crippen molar-refractivity contribution in [2.24, 2.45) is 0 Å². The van der Waals surface area contributed by atoms with E-state index >= 15 is 0 Å². The molecule has 4 aromatic rings. The lowest BCUT2D eigenvalue weighted by Crippen LogP contribution is -2.10. The number of hydrogen-bond donors (Lipinski definition) is 1. The van der Waals surface area contributed by atoms with Crippen LogP contribution in [0.5, 0.6) is 0 Å². The number of pyridine rings is 1. The zero-order chi connectivity index (χ0) is 14.4. The molecule has 0 bridgehead atoms. The first kappa shape index (κ1) is 11.7. The SMILES string of the molecule is O=c1[nH]ccc2nc3ncnn3c(-c3ccc(F)cc3)c12. The van der Waals surface area contributed by atoms with Gasteiger partial charge < -0.3 is 4.98 Å². The zero-order valence-corrected chi connectivity index (χ0v) is 10.6. The maximum atomic E-state index is 13.1. The summed E-state index contributed by atoms with van der Waals surface area (Å²) in [5.74, 6) is 0.0354. The predicted molar refractivity (Wildman–Crippen MR) is 74.3 cm³/mol. The summed E-state index contributed by atoms with van der Waals surface area (Å²) in [5.41, 5.74) is 1.43. The van der Waals surface area contributed by atoms with Crippen molar-refractivity contribution in [1.82, 2.24) is 24.6 Å². The quantitative estimate of drug-likeness (QED) is 0.577. The average Bonchev–Trinajstić information content (AvgIpc) is 2.94. The smallest absolute Gasteiger partial charge is 0.259 e. The highest BCUT2D eigenvalue weighted by atomic mass is 19.1. The zero-order valence-electron chi connectivity index (χ0n) is 10.6. The molecule has 0 fully saturated rings. The number of hydrogen-bond acceptors (Lipinski definition) is 4. The standard InChI is InChI=1S/C14H8FN5O/c15-9-3-1-8(2-4-9)12-11-10(5-6-16-13(11)21)19-14-17-7-18-20(12)14/h1-7H,(H,16,21). The third kappa shape index (κ3) is 1.71. The molecule has 0 unspecified atom stereocenters. The number of aromatic nitrogens is 5. The van der Waals surface area contributed by atoms with Gasteiger partial charge in [0.25, 0.3) is 11.3 Å². The largest absolute Gasteiger partial charge is 0.328 e. The Bertz CT molecular complexity index is 1020. The maximum Gasteiger partial charge on any atom is 0.259 e. The van der Waals surface area contributed by atoms with Crippen molar-refractivity contribution >= 4 is 16.7 Å². The number of H-pyrrole nitrogens is 1. The van der Waals surface area contributed by atoms with E-state index < -0.39 is 0 Å². The fraction of sp³-hybridized carbons (Fsp3) is 0. The van der Waals surface area contributed by atoms with E-state index in [1.807, 2.05) is 0 Å². The minimum Gasteiger partial charge on any atom is -0.328 e. The molecule has 0 aliphatic heterocycles. The number of fused-ring (bicyclic) bond motifs is 2. The lowest BCUT2D eigenvalue weighted by atomic mass is 10.1. The van der Waals surface area contributed by atoms with Crippen LogP contribution in [0.4, 0.5) is 4.39 Å². The highest BCUT2D eigenvalue weighted by Crippen LogP contribution is 2.25. The fourth-order valence-corrected chi connectivity index (χ4v) is 2.35. The minimum absolute atomic E-state index is 0.281. The van der Waals surface area contributed by atoms with Crippen LogP contribution in [-0.4, -0.2) is 24.6 Å². The topological polar surface area (TPSA) is 75.9 Å². The lowest BCUT2D eigenvalue weighted by molar-refractivity contribution is 0.628. The summed E-state index contributed by atoms with van der Waals surface area (Å²) in [6.07, 6.45) is 2.89. The number of nitrogens with zero attached hydrogens (tertiary/aromatic N) is 4. The molecule has 1 N–H and O–H groups in total. The van der Waals surface area contributed by atoms with E-state index in [-0.39, 0.29) is 11.4 Å². The van der Waals surface area contributed by atoms with E-state index in [0.717, 1.165) is 0 Å². The first-order valence-corrected chi connectivity index (χ1v) is 6.21. The molecular weight excluding hydrogens is 273 g/mol. The van der Waals surface area contributed by atoms with Crippen LogP contribution in [0.15, 0.2) is 47.7 Å². The summed E-state index contributed by atoms with van der Waals surface area (Å²) >= 11 is 0. The molecule has 0 saturated heterocycles. The monoisotopic (exact) mass is 281 g/mol. The van der Waals surface area contributed by atoms with Crippen LogP contribution in [0.25, 0.3) is 27.9 Å². The second-order valence-corrected chi connectivity index (χ2v) is 4.51. The van der Waals surface area contributed by atoms with E-state index in [0.29, 0.717) is 27.9 Å². The Morgan fingerprint density at radius 3 is 2.76 bits per heavy atom. The van der Waals surface area contributed by atoms with Crippen LogP contribution in [0.2, 0.25) is 0 Å². The molecule has 6 nitrogen and oxygen atoms in total. The van der Waals surface area contributed by atoms with Crippen molar-refractivity contribution in [3.63, 3.8) is 0 Å². The van der Waals surface area contributed by atoms with Gasteiger partial charge in [-0.15, -0.1) is 0 Å². The second-order valence-electron chi connectivity index (χ2n) is 4.51. The van der Waals surface area contributed by atoms with Crippen molar-refractivity contribution in [2.75, 3.05) is 0 Å². The second kappa shape index (κ2) is 4.20. The number of benzene rings is 1. The molecule has 0 spiro atoms. The number of halogens is 1. The van der Waals surface area contributed by atoms with E-state index in [2.05, 4.69) is 20.1 Å². The highest BCUT2D eigenvalue weighted by molar-refractivity contribution is 5.92. The molecule has 3 heterocycles. The Hall–Kier alpha value is -3.09. The molecule has 0 atom stereocenters. The molecule has 4 rings (SSSR count). The summed E-state index contributed by atoms with van der Waals surface area (Å²) in [4.78, 5) is 23.1. The molecule has 7 heteroatoms. The molecule has 0 aliphatic carbocycles. The third-order valence-corrected chi connectivity index (χ3v) is 3.26. The lowest BCUT2D eigenvalue weighted by Gasteiger charge is -2.07. The van der Waals surface area contributed by atoms with Gasteiger partial charge in [0.05, 0.1) is 16.6 Å². The van der Waals surface area contributed by atoms with Crippen molar-refractivity contribution in [3.05, 3.63) is 59.0 Å². The molecule has 0 amide bonds. The Balaban J connectivity index is 2.24. The first-order chi connectivity index (χ1) is 10.2. The van der Waals surface area contributed by atoms with Crippen LogP contribution < -0.4 is 5.56 Å². The highest BCUT2D eigenvalue weighted by Gasteiger charge is 2.15. The number of rotatable bonds is 1. The van der Waals surface area contributed by atoms with Gasteiger partial charge in [-0.1, -0.05) is 0 Å². The van der Waals surface area contributed by atoms with Crippen molar-refractivity contribution in [1.29, 1.82) is 0 Å². The van der Waals surface area contributed by atoms with Gasteiger partial charge in [0, 0.05) is 11.8 Å². The van der Waals surface area contributed by atoms with E-state index in [1.54, 1.807) is 18.2 Å². The molecule has 3 aromatic heterocycles. The summed E-state index contributed by atoms with van der Waals surface area (Å²) < 4.78 is 14.6. The Morgan fingerprint density at radius 2 is 1.95 bits per heavy atom. The van der Waals surface area contributed by atoms with Gasteiger partial charge in [-0.05, 0) is 30.3 Å². The normalized spacial score (nSPS) is 11.3. The van der Waals surface area contributed by atoms with Crippen molar-refractivity contribution in [2.45, 2.75) is 0 Å². The van der Waals surface area contributed by atoms with Gasteiger partial charge in [0.2, 0.25) is 0 Å². The van der Waals surface area contributed by atoms with E-state index in [4.69, 9.17) is 0 Å². The molecule has 1 aromatic carbocycles. The van der Waals surface area contributed by atoms with Crippen LogP contribution in [0, 0.1) is 5.82 Å². The number of nitrogens with one attached hydrogen (secondary N) is 1. The van der Waals surface area contributed by atoms with Gasteiger partial charge in [-0.3, -0.25) is 4.79 Å². The molecule has 0 aliphatic rings. The summed E-state index contributed by atoms with van der Waals surface area (Å²) in [6, 6.07) is 7.55. The van der Waals surface area contributed by atoms with Crippen LogP contribution in [0.3, 0.4) is 0 Å². The molecular formula is C14H8FN5O. The summed E-state index contributed by atoms with van der Waals surface area (Å²) in [6.45, 7) is 0. The third-order valence-electron chi connectivity index (χ3n) is 3.26. The average molecular weight is 281 g/mol. The van der Waals surface area contributed by atoms with Crippen LogP contribution in [-0.2, 0) is 0 Å². The fourth-order valence-electron chi connectivity index (χ4n) is 2.35. The molecule has 0 saturated carbocycles. The van der Waals surface area contributed by atoms with E-state index in [1.165, 1.54) is 29.2 Å². The number of aromatic amines is 1. The molecule has 21 heavy (non-hydrogen) atoms. The first-order valence-electron chi connectivity index (χ1n) is 6.21. The van der Waals surface area contributed by atoms with Gasteiger partial charge in [0.15, 0.2) is 0 Å². The maximum absolute atomic E-state index is 13.1. The van der Waals surface area contributed by atoms with Gasteiger partial charge in [0.1, 0.15) is 12.1 Å². The summed E-state index contributed by atoms with van der Waals surface area (Å²) in [5, 5.41) is 4.50. The van der Waals surface area contributed by atoms with E-state index in [9.17, 15) is 9.18 Å². The Labute approximate surface area is 116 Å².